The lowest BCUT2D eigenvalue weighted by atomic mass is 10.1. The third kappa shape index (κ3) is 4.18. The lowest BCUT2D eigenvalue weighted by molar-refractivity contribution is -0.113. The number of hydrogen-bond acceptors (Lipinski definition) is 5. The number of rotatable bonds is 4. The molecule has 0 aliphatic carbocycles. The number of thiocarbonyl (C=S) groups is 1. The lowest BCUT2D eigenvalue weighted by Crippen LogP contribution is -2.27. The van der Waals surface area contributed by atoms with Crippen molar-refractivity contribution in [2.24, 2.45) is 0 Å². The van der Waals surface area contributed by atoms with Crippen LogP contribution in [0, 0.1) is 0 Å². The Labute approximate surface area is 200 Å². The highest BCUT2D eigenvalue weighted by Crippen LogP contribution is 2.39. The number of carbonyl (C=O) groups excluding carboxylic acids is 1. The summed E-state index contributed by atoms with van der Waals surface area (Å²) in [5.74, 6) is 1.50. The largest absolute Gasteiger partial charge is 0.496 e. The minimum Gasteiger partial charge on any atom is -0.496 e. The maximum absolute atomic E-state index is 13.0. The fraction of sp³-hybridized carbons (Fsp3) is 0.0476. The van der Waals surface area contributed by atoms with E-state index in [1.54, 1.807) is 61.7 Å². The molecular weight excluding hydrogens is 529 g/mol. The molecular formula is C21H12BrCl2NO3S2. The molecule has 30 heavy (non-hydrogen) atoms. The van der Waals surface area contributed by atoms with Gasteiger partial charge in [-0.3, -0.25) is 9.69 Å². The molecule has 2 heterocycles. The molecule has 0 saturated carbocycles. The number of anilines is 1. The van der Waals surface area contributed by atoms with Gasteiger partial charge in [-0.25, -0.2) is 0 Å². The zero-order chi connectivity index (χ0) is 21.4. The molecule has 1 amide bonds. The number of amides is 1. The summed E-state index contributed by atoms with van der Waals surface area (Å²) in [7, 11) is 1.58. The van der Waals surface area contributed by atoms with Crippen LogP contribution in [-0.2, 0) is 4.79 Å². The van der Waals surface area contributed by atoms with Gasteiger partial charge in [0.1, 0.15) is 17.3 Å². The normalized spacial score (nSPS) is 15.3. The Hall–Kier alpha value is -1.77. The Balaban J connectivity index is 1.64. The summed E-state index contributed by atoms with van der Waals surface area (Å²) in [5, 5.41) is 1.06. The fourth-order valence-electron chi connectivity index (χ4n) is 2.89. The van der Waals surface area contributed by atoms with Crippen LogP contribution in [0.2, 0.25) is 10.0 Å². The summed E-state index contributed by atoms with van der Waals surface area (Å²) in [6, 6.07) is 14.1. The van der Waals surface area contributed by atoms with Crippen LogP contribution >= 0.6 is 63.1 Å². The molecule has 1 aliphatic rings. The van der Waals surface area contributed by atoms with Gasteiger partial charge in [0.05, 0.1) is 28.3 Å². The minimum absolute atomic E-state index is 0.235. The maximum Gasteiger partial charge on any atom is 0.270 e. The van der Waals surface area contributed by atoms with Gasteiger partial charge in [0.25, 0.3) is 5.91 Å². The zero-order valence-electron chi connectivity index (χ0n) is 15.3. The number of thioether (sulfide) groups is 1. The number of methoxy groups -OCH3 is 1. The predicted octanol–water partition coefficient (Wildman–Crippen LogP) is 7.43. The summed E-state index contributed by atoms with van der Waals surface area (Å²) in [4.78, 5) is 14.9. The Kier molecular flexibility index (Phi) is 6.27. The van der Waals surface area contributed by atoms with Crippen molar-refractivity contribution in [3.05, 3.63) is 73.7 Å². The number of furan rings is 1. The smallest absolute Gasteiger partial charge is 0.270 e. The van der Waals surface area contributed by atoms with Crippen LogP contribution < -0.4 is 9.64 Å². The van der Waals surface area contributed by atoms with E-state index in [1.165, 1.54) is 16.7 Å². The van der Waals surface area contributed by atoms with Crippen LogP contribution in [0.25, 0.3) is 17.4 Å². The maximum atomic E-state index is 13.0. The molecule has 1 aliphatic heterocycles. The van der Waals surface area contributed by atoms with Crippen molar-refractivity contribution in [2.45, 2.75) is 0 Å². The molecule has 0 N–H and O–H groups in total. The fourth-order valence-corrected chi connectivity index (χ4v) is 4.76. The van der Waals surface area contributed by atoms with E-state index in [-0.39, 0.29) is 5.91 Å². The molecule has 4 nitrogen and oxygen atoms in total. The monoisotopic (exact) mass is 539 g/mol. The summed E-state index contributed by atoms with van der Waals surface area (Å²) < 4.78 is 12.5. The molecule has 0 bridgehead atoms. The quantitative estimate of drug-likeness (QED) is 0.254. The Morgan fingerprint density at radius 2 is 1.97 bits per heavy atom. The topological polar surface area (TPSA) is 42.7 Å². The first-order valence-electron chi connectivity index (χ1n) is 8.54. The highest BCUT2D eigenvalue weighted by atomic mass is 79.9. The van der Waals surface area contributed by atoms with Crippen LogP contribution in [0.5, 0.6) is 5.75 Å². The van der Waals surface area contributed by atoms with Crippen LogP contribution in [0.15, 0.2) is 62.3 Å². The number of nitrogens with zero attached hydrogens (tertiary/aromatic N) is 1. The van der Waals surface area contributed by atoms with Crippen LogP contribution in [-0.4, -0.2) is 17.3 Å². The van der Waals surface area contributed by atoms with Gasteiger partial charge in [-0.1, -0.05) is 47.2 Å². The van der Waals surface area contributed by atoms with Gasteiger partial charge < -0.3 is 9.15 Å². The van der Waals surface area contributed by atoms with E-state index in [4.69, 9.17) is 44.6 Å². The average molecular weight is 541 g/mol. The van der Waals surface area contributed by atoms with Crippen molar-refractivity contribution in [2.75, 3.05) is 12.0 Å². The Morgan fingerprint density at radius 1 is 1.17 bits per heavy atom. The Bertz CT molecular complexity index is 1210. The Morgan fingerprint density at radius 3 is 2.70 bits per heavy atom. The van der Waals surface area contributed by atoms with E-state index in [0.29, 0.717) is 42.2 Å². The zero-order valence-corrected chi connectivity index (χ0v) is 20.0. The van der Waals surface area contributed by atoms with E-state index in [9.17, 15) is 4.79 Å². The molecule has 0 spiro atoms. The van der Waals surface area contributed by atoms with Crippen LogP contribution in [0.3, 0.4) is 0 Å². The van der Waals surface area contributed by atoms with Gasteiger partial charge in [-0.05, 0) is 64.5 Å². The van der Waals surface area contributed by atoms with Crippen LogP contribution in [0.4, 0.5) is 5.69 Å². The molecule has 1 fully saturated rings. The number of hydrogen-bond donors (Lipinski definition) is 0. The summed E-state index contributed by atoms with van der Waals surface area (Å²) in [6.07, 6.45) is 1.67. The number of benzene rings is 2. The molecule has 4 rings (SSSR count). The van der Waals surface area contributed by atoms with Crippen molar-refractivity contribution in [1.29, 1.82) is 0 Å². The second kappa shape index (κ2) is 8.77. The molecule has 152 valence electrons. The van der Waals surface area contributed by atoms with Gasteiger partial charge in [-0.2, -0.15) is 0 Å². The van der Waals surface area contributed by atoms with Crippen molar-refractivity contribution in [3.8, 4) is 17.1 Å². The molecule has 9 heteroatoms. The van der Waals surface area contributed by atoms with E-state index in [0.717, 1.165) is 10.0 Å². The standard InChI is InChI=1S/C21H12BrCl2NO3S2/c1-27-17-6-2-11(23)8-14(17)18-7-4-13(28-18)10-19-20(26)25(21(29)30-19)12-3-5-15(22)16(24)9-12/h2-10H,1H3/b19-10+. The molecule has 1 saturated heterocycles. The first-order chi connectivity index (χ1) is 14.4. The summed E-state index contributed by atoms with van der Waals surface area (Å²) >= 11 is 22.2. The van der Waals surface area contributed by atoms with E-state index in [2.05, 4.69) is 15.9 Å². The number of ether oxygens (including phenoxy) is 1. The highest BCUT2D eigenvalue weighted by molar-refractivity contribution is 9.10. The summed E-state index contributed by atoms with van der Waals surface area (Å²) in [6.45, 7) is 0. The van der Waals surface area contributed by atoms with E-state index < -0.39 is 0 Å². The minimum atomic E-state index is -0.235. The van der Waals surface area contributed by atoms with Gasteiger partial charge in [0.15, 0.2) is 4.32 Å². The average Bonchev–Trinajstić information content (AvgIpc) is 3.29. The summed E-state index contributed by atoms with van der Waals surface area (Å²) in [5.41, 5.74) is 1.33. The van der Waals surface area contributed by atoms with E-state index >= 15 is 0 Å². The van der Waals surface area contributed by atoms with Crippen LogP contribution in [0.1, 0.15) is 5.76 Å². The number of halogens is 3. The molecule has 1 aromatic heterocycles. The third-order valence-corrected chi connectivity index (χ3v) is 7.05. The number of carbonyl (C=O) groups is 1. The van der Waals surface area contributed by atoms with Crippen molar-refractivity contribution >= 4 is 85.1 Å². The molecule has 0 radical (unpaired) electrons. The molecule has 2 aromatic carbocycles. The van der Waals surface area contributed by atoms with Crippen molar-refractivity contribution in [3.63, 3.8) is 0 Å². The van der Waals surface area contributed by atoms with E-state index in [1.807, 2.05) is 0 Å². The molecule has 0 unspecified atom stereocenters. The van der Waals surface area contributed by atoms with Gasteiger partial charge in [0, 0.05) is 15.6 Å². The first-order valence-corrected chi connectivity index (χ1v) is 11.3. The van der Waals surface area contributed by atoms with Gasteiger partial charge >= 0.3 is 0 Å². The lowest BCUT2D eigenvalue weighted by Gasteiger charge is -2.15. The van der Waals surface area contributed by atoms with Crippen molar-refractivity contribution in [1.82, 2.24) is 0 Å². The molecule has 3 aromatic rings. The SMILES string of the molecule is COc1ccc(Cl)cc1-c1ccc(/C=C2/SC(=S)N(c3ccc(Br)c(Cl)c3)C2=O)o1. The molecule has 0 atom stereocenters. The predicted molar refractivity (Wildman–Crippen MR) is 131 cm³/mol. The third-order valence-electron chi connectivity index (χ3n) is 4.28. The first kappa shape index (κ1) is 21.5. The second-order valence-corrected chi connectivity index (χ2v) is 9.54. The highest BCUT2D eigenvalue weighted by Gasteiger charge is 2.33. The van der Waals surface area contributed by atoms with Crippen molar-refractivity contribution < 1.29 is 13.9 Å². The van der Waals surface area contributed by atoms with Gasteiger partial charge in [0.2, 0.25) is 0 Å². The second-order valence-electron chi connectivity index (χ2n) is 6.16. The van der Waals surface area contributed by atoms with Gasteiger partial charge in [-0.15, -0.1) is 0 Å².